The molecule has 358 valence electrons. The van der Waals surface area contributed by atoms with Crippen LogP contribution in [0.5, 0.6) is 0 Å². The molecule has 0 aromatic heterocycles. The summed E-state index contributed by atoms with van der Waals surface area (Å²) in [6.07, 6.45) is 0. The van der Waals surface area contributed by atoms with Crippen molar-refractivity contribution in [1.82, 2.24) is 0 Å². The molecule has 0 aliphatic heterocycles. The van der Waals surface area contributed by atoms with Crippen LogP contribution in [0.15, 0.2) is 255 Å². The maximum absolute atomic E-state index is 2.55. The molecule has 0 radical (unpaired) electrons. The molecule has 13 aromatic rings. The average molecular weight is 967 g/mol. The number of fused-ring (bicyclic) bond motifs is 11. The average Bonchev–Trinajstić information content (AvgIpc) is 3.86. The summed E-state index contributed by atoms with van der Waals surface area (Å²) < 4.78 is 0. The largest absolute Gasteiger partial charge is 0.0622 e. The lowest BCUT2D eigenvalue weighted by Crippen LogP contribution is -2.15. The fraction of sp³-hybridized carbons (Fsp3) is 0.0789. The van der Waals surface area contributed by atoms with Crippen molar-refractivity contribution in [1.29, 1.82) is 0 Å². The van der Waals surface area contributed by atoms with Crippen LogP contribution in [-0.2, 0) is 10.8 Å². The molecule has 0 saturated heterocycles. The van der Waals surface area contributed by atoms with Gasteiger partial charge in [-0.2, -0.15) is 0 Å². The Labute approximate surface area is 445 Å². The predicted molar refractivity (Wildman–Crippen MR) is 324 cm³/mol. The zero-order valence-electron chi connectivity index (χ0n) is 43.2. The zero-order chi connectivity index (χ0) is 50.9. The summed E-state index contributed by atoms with van der Waals surface area (Å²) in [6.45, 7) is 9.63. The van der Waals surface area contributed by atoms with Gasteiger partial charge >= 0.3 is 0 Å². The summed E-state index contributed by atoms with van der Waals surface area (Å²) >= 11 is 0. The minimum atomic E-state index is -0.187. The van der Waals surface area contributed by atoms with Crippen molar-refractivity contribution in [2.45, 2.75) is 38.5 Å². The summed E-state index contributed by atoms with van der Waals surface area (Å²) in [5, 5.41) is 9.91. The molecule has 0 N–H and O–H groups in total. The van der Waals surface area contributed by atoms with E-state index in [2.05, 4.69) is 282 Å². The van der Waals surface area contributed by atoms with Gasteiger partial charge < -0.3 is 0 Å². The molecular weight excluding hydrogens is 913 g/mol. The Kier molecular flexibility index (Phi) is 9.76. The molecule has 0 atom stereocenters. The van der Waals surface area contributed by atoms with Gasteiger partial charge in [0, 0.05) is 10.8 Å². The summed E-state index contributed by atoms with van der Waals surface area (Å²) in [6, 6.07) is 96.5. The highest BCUT2D eigenvalue weighted by atomic mass is 14.4. The normalized spacial score (nSPS) is 13.7. The molecule has 0 heteroatoms. The van der Waals surface area contributed by atoms with Gasteiger partial charge in [-0.05, 0) is 191 Å². The van der Waals surface area contributed by atoms with Crippen LogP contribution in [0, 0.1) is 0 Å². The van der Waals surface area contributed by atoms with E-state index in [9.17, 15) is 0 Å². The monoisotopic (exact) mass is 966 g/mol. The molecule has 0 unspecified atom stereocenters. The van der Waals surface area contributed by atoms with Gasteiger partial charge in [-0.25, -0.2) is 0 Å². The van der Waals surface area contributed by atoms with Crippen molar-refractivity contribution < 1.29 is 0 Å². The third kappa shape index (κ3) is 6.63. The molecule has 13 aromatic carbocycles. The van der Waals surface area contributed by atoms with Gasteiger partial charge in [0.15, 0.2) is 0 Å². The molecule has 2 aliphatic carbocycles. The van der Waals surface area contributed by atoms with Gasteiger partial charge in [-0.1, -0.05) is 246 Å². The Hall–Kier alpha value is -9.10. The Morgan fingerprint density at radius 2 is 0.592 bits per heavy atom. The third-order valence-electron chi connectivity index (χ3n) is 17.4. The maximum atomic E-state index is 2.55. The molecule has 15 rings (SSSR count). The molecule has 0 spiro atoms. The van der Waals surface area contributed by atoms with Crippen LogP contribution in [-0.4, -0.2) is 0 Å². The van der Waals surface area contributed by atoms with E-state index in [1.165, 1.54) is 154 Å². The van der Waals surface area contributed by atoms with Crippen molar-refractivity contribution >= 4 is 43.1 Å². The molecular formula is C76H54. The molecule has 0 saturated carbocycles. The highest BCUT2D eigenvalue weighted by molar-refractivity contribution is 6.24. The highest BCUT2D eigenvalue weighted by Crippen LogP contribution is 2.55. The molecule has 0 heterocycles. The van der Waals surface area contributed by atoms with Crippen LogP contribution in [0.25, 0.3) is 132 Å². The van der Waals surface area contributed by atoms with Crippen LogP contribution in [0.4, 0.5) is 0 Å². The molecule has 76 heavy (non-hydrogen) atoms. The first-order valence-corrected chi connectivity index (χ1v) is 26.9. The molecule has 0 amide bonds. The summed E-state index contributed by atoms with van der Waals surface area (Å²) in [5.74, 6) is 0. The fourth-order valence-corrected chi connectivity index (χ4v) is 13.7. The van der Waals surface area contributed by atoms with Gasteiger partial charge in [-0.15, -0.1) is 0 Å². The molecule has 0 fully saturated rings. The van der Waals surface area contributed by atoms with Gasteiger partial charge in [0.1, 0.15) is 0 Å². The van der Waals surface area contributed by atoms with E-state index < -0.39 is 0 Å². The second-order valence-corrected chi connectivity index (χ2v) is 22.3. The Morgan fingerprint density at radius 3 is 1.16 bits per heavy atom. The van der Waals surface area contributed by atoms with E-state index in [-0.39, 0.29) is 10.8 Å². The number of benzene rings is 13. The van der Waals surface area contributed by atoms with E-state index >= 15 is 0 Å². The summed E-state index contributed by atoms with van der Waals surface area (Å²) in [4.78, 5) is 0. The van der Waals surface area contributed by atoms with Gasteiger partial charge in [0.25, 0.3) is 0 Å². The topological polar surface area (TPSA) is 0 Å². The number of hydrogen-bond donors (Lipinski definition) is 0. The minimum absolute atomic E-state index is 0.186. The Balaban J connectivity index is 1.09. The second kappa shape index (κ2) is 16.7. The molecule has 2 aliphatic rings. The Bertz CT molecular complexity index is 4550. The zero-order valence-corrected chi connectivity index (χ0v) is 43.2. The fourth-order valence-electron chi connectivity index (χ4n) is 13.7. The number of hydrogen-bond acceptors (Lipinski definition) is 0. The van der Waals surface area contributed by atoms with Crippen LogP contribution < -0.4 is 0 Å². The van der Waals surface area contributed by atoms with Crippen molar-refractivity contribution in [2.24, 2.45) is 0 Å². The van der Waals surface area contributed by atoms with Crippen LogP contribution >= 0.6 is 0 Å². The minimum Gasteiger partial charge on any atom is -0.0622 e. The van der Waals surface area contributed by atoms with Crippen molar-refractivity contribution in [2.75, 3.05) is 0 Å². The highest BCUT2D eigenvalue weighted by Gasteiger charge is 2.37. The molecule has 0 nitrogen and oxygen atoms in total. The molecule has 0 bridgehead atoms. The van der Waals surface area contributed by atoms with Crippen molar-refractivity contribution in [3.63, 3.8) is 0 Å². The standard InChI is InChI=1S/C76H54/c1-75(2)68-29-17-15-27-60(68)62-39-34-54(45-70(62)75)73-66-43-52(65-42-51-25-12-11-24-50(51)41-64(65)48-21-9-6-10-22-48)32-37-58(66)59-38-33-53(72-56-26-14-13-23-49(56)31-36-57(72)47-19-7-5-8-20-47)44-67(59)74(73)55-35-40-63-61-28-16-18-30-69(61)76(3,4)71(63)46-55/h5-46H,1-4H3. The van der Waals surface area contributed by atoms with E-state index in [0.717, 1.165) is 0 Å². The van der Waals surface area contributed by atoms with E-state index in [0.29, 0.717) is 0 Å². The van der Waals surface area contributed by atoms with Crippen molar-refractivity contribution in [3.8, 4) is 89.0 Å². The number of rotatable bonds is 6. The van der Waals surface area contributed by atoms with Gasteiger partial charge in [-0.3, -0.25) is 0 Å². The first-order chi connectivity index (χ1) is 37.2. The maximum Gasteiger partial charge on any atom is 0.0159 e. The van der Waals surface area contributed by atoms with Gasteiger partial charge in [0.05, 0.1) is 0 Å². The summed E-state index contributed by atoms with van der Waals surface area (Å²) in [5.41, 5.74) is 25.2. The Morgan fingerprint density at radius 1 is 0.197 bits per heavy atom. The smallest absolute Gasteiger partial charge is 0.0159 e. The third-order valence-corrected chi connectivity index (χ3v) is 17.4. The van der Waals surface area contributed by atoms with Gasteiger partial charge in [0.2, 0.25) is 0 Å². The van der Waals surface area contributed by atoms with E-state index in [4.69, 9.17) is 0 Å². The van der Waals surface area contributed by atoms with E-state index in [1.807, 2.05) is 0 Å². The van der Waals surface area contributed by atoms with Crippen LogP contribution in [0.1, 0.15) is 49.9 Å². The quantitative estimate of drug-likeness (QED) is 0.146. The lowest BCUT2D eigenvalue weighted by atomic mass is 9.78. The predicted octanol–water partition coefficient (Wildman–Crippen LogP) is 20.9. The van der Waals surface area contributed by atoms with E-state index in [1.54, 1.807) is 0 Å². The first kappa shape index (κ1) is 44.4. The second-order valence-electron chi connectivity index (χ2n) is 22.3. The SMILES string of the molecule is CC1(C)c2ccccc2-c2ccc(-c3c(-c4ccc5c(c4)C(C)(C)c4ccccc4-5)c4cc(-c5c(-c6ccccc6)ccc6ccccc56)ccc4c4ccc(-c5cc6ccccc6cc5-c5ccccc5)cc34)cc21. The van der Waals surface area contributed by atoms with Crippen LogP contribution in [0.2, 0.25) is 0 Å². The van der Waals surface area contributed by atoms with Crippen molar-refractivity contribution in [3.05, 3.63) is 277 Å². The lowest BCUT2D eigenvalue weighted by Gasteiger charge is -2.25. The first-order valence-electron chi connectivity index (χ1n) is 26.9. The lowest BCUT2D eigenvalue weighted by molar-refractivity contribution is 0.660. The van der Waals surface area contributed by atoms with Crippen LogP contribution in [0.3, 0.4) is 0 Å². The summed E-state index contributed by atoms with van der Waals surface area (Å²) in [7, 11) is 0.